The van der Waals surface area contributed by atoms with E-state index in [1.165, 1.54) is 0 Å². The minimum Gasteiger partial charge on any atom is -0.493 e. The van der Waals surface area contributed by atoms with Crippen LogP contribution in [0.15, 0.2) is 65.9 Å². The van der Waals surface area contributed by atoms with Crippen LogP contribution in [0.2, 0.25) is 0 Å². The minimum absolute atomic E-state index is 0. The third-order valence-corrected chi connectivity index (χ3v) is 4.35. The molecule has 0 radical (unpaired) electrons. The maximum absolute atomic E-state index is 5.37. The van der Waals surface area contributed by atoms with E-state index < -0.39 is 0 Å². The molecule has 0 atom stereocenters. The van der Waals surface area contributed by atoms with Crippen LogP contribution >= 0.6 is 24.0 Å². The summed E-state index contributed by atoms with van der Waals surface area (Å²) in [6.07, 6.45) is 3.70. The summed E-state index contributed by atoms with van der Waals surface area (Å²) < 4.78 is 12.5. The zero-order valence-electron chi connectivity index (χ0n) is 17.5. The summed E-state index contributed by atoms with van der Waals surface area (Å²) in [5, 5.41) is 10.9. The van der Waals surface area contributed by atoms with Gasteiger partial charge in [0.1, 0.15) is 0 Å². The highest BCUT2D eigenvalue weighted by atomic mass is 127. The number of hydrogen-bond donors (Lipinski definition) is 2. The van der Waals surface area contributed by atoms with E-state index in [0.717, 1.165) is 29.3 Å². The molecule has 30 heavy (non-hydrogen) atoms. The van der Waals surface area contributed by atoms with Crippen molar-refractivity contribution in [3.05, 3.63) is 72.1 Å². The van der Waals surface area contributed by atoms with E-state index in [1.807, 2.05) is 54.2 Å². The average molecular weight is 521 g/mol. The Balaban J connectivity index is 0.00000320. The Morgan fingerprint density at radius 3 is 2.53 bits per heavy atom. The molecule has 0 amide bonds. The van der Waals surface area contributed by atoms with Crippen molar-refractivity contribution in [3.63, 3.8) is 0 Å². The maximum Gasteiger partial charge on any atom is 0.191 e. The number of nitrogens with zero attached hydrogens (tertiary/aromatic N) is 3. The van der Waals surface area contributed by atoms with Crippen LogP contribution in [-0.2, 0) is 13.1 Å². The first-order valence-corrected chi connectivity index (χ1v) is 9.55. The van der Waals surface area contributed by atoms with Gasteiger partial charge in [-0.25, -0.2) is 9.67 Å². The van der Waals surface area contributed by atoms with Gasteiger partial charge in [0.15, 0.2) is 17.5 Å². The number of halogens is 1. The van der Waals surface area contributed by atoms with Crippen molar-refractivity contribution in [2.75, 3.05) is 20.8 Å². The second-order valence-electron chi connectivity index (χ2n) is 6.36. The van der Waals surface area contributed by atoms with Gasteiger partial charge in [-0.1, -0.05) is 18.2 Å². The third-order valence-electron chi connectivity index (χ3n) is 4.35. The van der Waals surface area contributed by atoms with E-state index in [-0.39, 0.29) is 24.0 Å². The van der Waals surface area contributed by atoms with Gasteiger partial charge in [0, 0.05) is 25.5 Å². The van der Waals surface area contributed by atoms with Crippen molar-refractivity contribution in [1.82, 2.24) is 20.4 Å². The number of ether oxygens (including phenoxy) is 2. The van der Waals surface area contributed by atoms with Gasteiger partial charge in [-0.3, -0.25) is 0 Å². The fourth-order valence-corrected chi connectivity index (χ4v) is 2.91. The molecular formula is C22H28IN5O2. The van der Waals surface area contributed by atoms with Crippen LogP contribution in [0, 0.1) is 0 Å². The number of hydrogen-bond acceptors (Lipinski definition) is 4. The zero-order valence-corrected chi connectivity index (χ0v) is 19.8. The third kappa shape index (κ3) is 6.38. The number of benzene rings is 2. The standard InChI is InChI=1S/C22H27N5O2.HI/c1-4-23-22(25-16-18-9-10-20(28-2)21(14-18)29-3)24-15-17-7-5-8-19(13-17)27-12-6-11-26-27;/h5-14H,4,15-16H2,1-3H3,(H2,23,24,25);1H. The van der Waals surface area contributed by atoms with Gasteiger partial charge < -0.3 is 20.1 Å². The topological polar surface area (TPSA) is 72.7 Å². The number of guanidine groups is 1. The summed E-state index contributed by atoms with van der Waals surface area (Å²) in [6, 6.07) is 16.0. The van der Waals surface area contributed by atoms with Crippen LogP contribution < -0.4 is 20.1 Å². The summed E-state index contributed by atoms with van der Waals surface area (Å²) in [5.74, 6) is 2.19. The number of methoxy groups -OCH3 is 2. The molecule has 0 aliphatic rings. The van der Waals surface area contributed by atoms with E-state index in [1.54, 1.807) is 20.4 Å². The first kappa shape index (κ1) is 23.5. The van der Waals surface area contributed by atoms with Crippen molar-refractivity contribution in [2.45, 2.75) is 20.0 Å². The Morgan fingerprint density at radius 2 is 1.83 bits per heavy atom. The predicted molar refractivity (Wildman–Crippen MR) is 130 cm³/mol. The molecule has 0 spiro atoms. The summed E-state index contributed by atoms with van der Waals surface area (Å²) in [5.41, 5.74) is 3.21. The van der Waals surface area contributed by atoms with E-state index >= 15 is 0 Å². The molecule has 0 bridgehead atoms. The van der Waals surface area contributed by atoms with Gasteiger partial charge in [-0.2, -0.15) is 5.10 Å². The fourth-order valence-electron chi connectivity index (χ4n) is 2.91. The molecule has 8 heteroatoms. The summed E-state index contributed by atoms with van der Waals surface area (Å²) in [6.45, 7) is 4.02. The van der Waals surface area contributed by atoms with Gasteiger partial charge in [0.25, 0.3) is 0 Å². The van der Waals surface area contributed by atoms with E-state index in [4.69, 9.17) is 14.5 Å². The molecule has 3 aromatic rings. The molecule has 160 valence electrons. The van der Waals surface area contributed by atoms with E-state index in [0.29, 0.717) is 24.6 Å². The smallest absolute Gasteiger partial charge is 0.191 e. The Bertz CT molecular complexity index is 944. The normalized spacial score (nSPS) is 10.8. The molecule has 0 unspecified atom stereocenters. The lowest BCUT2D eigenvalue weighted by Gasteiger charge is -2.13. The molecule has 3 rings (SSSR count). The predicted octanol–water partition coefficient (Wildman–Crippen LogP) is 3.76. The second kappa shape index (κ2) is 12.1. The molecule has 7 nitrogen and oxygen atoms in total. The molecule has 0 aliphatic carbocycles. The summed E-state index contributed by atoms with van der Waals surface area (Å²) >= 11 is 0. The monoisotopic (exact) mass is 521 g/mol. The van der Waals surface area contributed by atoms with Crippen molar-refractivity contribution < 1.29 is 9.47 Å². The van der Waals surface area contributed by atoms with Gasteiger partial charge >= 0.3 is 0 Å². The lowest BCUT2D eigenvalue weighted by atomic mass is 10.2. The van der Waals surface area contributed by atoms with Crippen LogP contribution in [0.1, 0.15) is 18.1 Å². The molecule has 0 saturated carbocycles. The number of aromatic nitrogens is 2. The summed E-state index contributed by atoms with van der Waals surface area (Å²) in [7, 11) is 3.27. The average Bonchev–Trinajstić information content (AvgIpc) is 3.30. The van der Waals surface area contributed by atoms with Crippen molar-refractivity contribution >= 4 is 29.9 Å². The van der Waals surface area contributed by atoms with Crippen molar-refractivity contribution in [3.8, 4) is 17.2 Å². The summed E-state index contributed by atoms with van der Waals surface area (Å²) in [4.78, 5) is 4.71. The highest BCUT2D eigenvalue weighted by Gasteiger charge is 2.06. The lowest BCUT2D eigenvalue weighted by molar-refractivity contribution is 0.354. The number of nitrogens with one attached hydrogen (secondary N) is 2. The molecule has 1 heterocycles. The van der Waals surface area contributed by atoms with Crippen LogP contribution in [0.3, 0.4) is 0 Å². The Morgan fingerprint density at radius 1 is 1.00 bits per heavy atom. The second-order valence-corrected chi connectivity index (χ2v) is 6.36. The van der Waals surface area contributed by atoms with Crippen LogP contribution in [-0.4, -0.2) is 36.5 Å². The van der Waals surface area contributed by atoms with Gasteiger partial charge in [-0.05, 0) is 48.4 Å². The molecule has 2 aromatic carbocycles. The largest absolute Gasteiger partial charge is 0.493 e. The van der Waals surface area contributed by atoms with Gasteiger partial charge in [0.05, 0.1) is 26.5 Å². The minimum atomic E-state index is 0. The molecule has 0 aliphatic heterocycles. The zero-order chi connectivity index (χ0) is 20.5. The van der Waals surface area contributed by atoms with Gasteiger partial charge in [-0.15, -0.1) is 24.0 Å². The Hall–Kier alpha value is -2.75. The quantitative estimate of drug-likeness (QED) is 0.269. The Labute approximate surface area is 194 Å². The van der Waals surface area contributed by atoms with Crippen LogP contribution in [0.4, 0.5) is 0 Å². The molecule has 0 fully saturated rings. The van der Waals surface area contributed by atoms with Crippen molar-refractivity contribution in [2.24, 2.45) is 4.99 Å². The SMILES string of the molecule is CCNC(=NCc1cccc(-n2cccn2)c1)NCc1ccc(OC)c(OC)c1.I. The molecule has 2 N–H and O–H groups in total. The van der Waals surface area contributed by atoms with E-state index in [2.05, 4.69) is 27.9 Å². The Kier molecular flexibility index (Phi) is 9.46. The van der Waals surface area contributed by atoms with Crippen LogP contribution in [0.5, 0.6) is 11.5 Å². The maximum atomic E-state index is 5.37. The molecular weight excluding hydrogens is 493 g/mol. The van der Waals surface area contributed by atoms with Crippen molar-refractivity contribution in [1.29, 1.82) is 0 Å². The highest BCUT2D eigenvalue weighted by Crippen LogP contribution is 2.27. The molecule has 0 saturated heterocycles. The van der Waals surface area contributed by atoms with Crippen LogP contribution in [0.25, 0.3) is 5.69 Å². The lowest BCUT2D eigenvalue weighted by Crippen LogP contribution is -2.36. The van der Waals surface area contributed by atoms with E-state index in [9.17, 15) is 0 Å². The highest BCUT2D eigenvalue weighted by molar-refractivity contribution is 14.0. The fraction of sp³-hybridized carbons (Fsp3) is 0.273. The first-order chi connectivity index (χ1) is 14.2. The van der Waals surface area contributed by atoms with Gasteiger partial charge in [0.2, 0.25) is 0 Å². The number of rotatable bonds is 8. The first-order valence-electron chi connectivity index (χ1n) is 9.55. The molecule has 1 aromatic heterocycles. The number of aliphatic imine (C=N–C) groups is 1.